The van der Waals surface area contributed by atoms with Gasteiger partial charge in [-0.3, -0.25) is 0 Å². The third-order valence-electron chi connectivity index (χ3n) is 11.4. The molecule has 3 aromatic heterocycles. The van der Waals surface area contributed by atoms with Crippen molar-refractivity contribution in [3.05, 3.63) is 224 Å². The summed E-state index contributed by atoms with van der Waals surface area (Å²) in [7, 11) is 0. The monoisotopic (exact) mass is 804 g/mol. The van der Waals surface area contributed by atoms with E-state index in [0.29, 0.717) is 28.6 Å². The largest absolute Gasteiger partial charge is 0.308 e. The summed E-state index contributed by atoms with van der Waals surface area (Å²) in [5, 5.41) is 13.1. The Labute approximate surface area is 364 Å². The van der Waals surface area contributed by atoms with Gasteiger partial charge in [-0.1, -0.05) is 176 Å². The van der Waals surface area contributed by atoms with Crippen molar-refractivity contribution >= 4 is 21.8 Å². The number of nitriles is 1. The molecule has 0 saturated heterocycles. The zero-order valence-electron chi connectivity index (χ0n) is 34.0. The summed E-state index contributed by atoms with van der Waals surface area (Å²) in [6.07, 6.45) is 0. The molecule has 0 saturated carbocycles. The van der Waals surface area contributed by atoms with Crippen molar-refractivity contribution in [1.82, 2.24) is 24.5 Å². The van der Waals surface area contributed by atoms with E-state index in [1.165, 1.54) is 0 Å². The number of para-hydroxylation sites is 1. The zero-order valence-corrected chi connectivity index (χ0v) is 34.0. The van der Waals surface area contributed by atoms with Crippen LogP contribution in [0, 0.1) is 11.3 Å². The van der Waals surface area contributed by atoms with Crippen LogP contribution in [0.2, 0.25) is 0 Å². The van der Waals surface area contributed by atoms with E-state index in [9.17, 15) is 5.26 Å². The van der Waals surface area contributed by atoms with E-state index in [0.717, 1.165) is 83.4 Å². The molecule has 0 amide bonds. The highest BCUT2D eigenvalue weighted by atomic mass is 15.0. The van der Waals surface area contributed by atoms with Crippen molar-refractivity contribution < 1.29 is 0 Å². The average molecular weight is 805 g/mol. The minimum atomic E-state index is 0.471. The number of rotatable bonds is 8. The van der Waals surface area contributed by atoms with Gasteiger partial charge in [-0.25, -0.2) is 19.9 Å². The molecule has 8 aromatic carbocycles. The van der Waals surface area contributed by atoms with E-state index in [1.807, 2.05) is 127 Å². The summed E-state index contributed by atoms with van der Waals surface area (Å²) in [5.41, 5.74) is 13.7. The molecule has 0 aliphatic carbocycles. The number of aromatic nitrogens is 5. The lowest BCUT2D eigenvalue weighted by Gasteiger charge is -2.20. The van der Waals surface area contributed by atoms with Crippen molar-refractivity contribution in [2.75, 3.05) is 0 Å². The molecule has 294 valence electrons. The van der Waals surface area contributed by atoms with Crippen molar-refractivity contribution in [1.29, 1.82) is 5.26 Å². The van der Waals surface area contributed by atoms with Crippen LogP contribution in [0.4, 0.5) is 0 Å². The van der Waals surface area contributed by atoms with E-state index in [2.05, 4.69) is 102 Å². The molecule has 0 fully saturated rings. The number of hydrogen-bond acceptors (Lipinski definition) is 5. The van der Waals surface area contributed by atoms with E-state index in [1.54, 1.807) is 0 Å². The smallest absolute Gasteiger partial charge is 0.160 e. The second kappa shape index (κ2) is 16.0. The second-order valence-electron chi connectivity index (χ2n) is 15.4. The standard InChI is InChI=1S/C57H36N6/c58-37-38-32-47(51-35-49(40-20-8-2-9-21-40)59-56(61-51)42-24-12-4-13-25-42)55(63-53-29-17-16-28-45(53)46-34-44(30-31-54(46)63)39-18-6-1-7-19-39)48(33-38)52-36-50(41-22-10-3-11-23-41)60-57(62-52)43-26-14-5-15-27-43/h1-36H. The maximum Gasteiger partial charge on any atom is 0.160 e. The topological polar surface area (TPSA) is 80.3 Å². The van der Waals surface area contributed by atoms with Crippen LogP contribution in [0.3, 0.4) is 0 Å². The minimum Gasteiger partial charge on any atom is -0.308 e. The first-order valence-corrected chi connectivity index (χ1v) is 20.9. The van der Waals surface area contributed by atoms with Crippen LogP contribution in [0.25, 0.3) is 106 Å². The summed E-state index contributed by atoms with van der Waals surface area (Å²) in [4.78, 5) is 21.0. The Bertz CT molecular complexity index is 3220. The maximum absolute atomic E-state index is 10.9. The minimum absolute atomic E-state index is 0.471. The summed E-state index contributed by atoms with van der Waals surface area (Å²) >= 11 is 0. The Morgan fingerprint density at radius 1 is 0.333 bits per heavy atom. The molecule has 0 spiro atoms. The lowest BCUT2D eigenvalue weighted by molar-refractivity contribution is 1.14. The molecule has 63 heavy (non-hydrogen) atoms. The normalized spacial score (nSPS) is 11.2. The van der Waals surface area contributed by atoms with Crippen LogP contribution in [0.15, 0.2) is 218 Å². The zero-order chi connectivity index (χ0) is 42.1. The van der Waals surface area contributed by atoms with Gasteiger partial charge in [0, 0.05) is 44.2 Å². The highest BCUT2D eigenvalue weighted by Gasteiger charge is 2.25. The van der Waals surface area contributed by atoms with Crippen molar-refractivity contribution in [2.45, 2.75) is 0 Å². The summed E-state index contributed by atoms with van der Waals surface area (Å²) in [6, 6.07) is 76.6. The fourth-order valence-corrected chi connectivity index (χ4v) is 8.47. The van der Waals surface area contributed by atoms with Crippen LogP contribution >= 0.6 is 0 Å². The first kappa shape index (κ1) is 37.2. The van der Waals surface area contributed by atoms with Crippen LogP contribution < -0.4 is 0 Å². The lowest BCUT2D eigenvalue weighted by atomic mass is 9.95. The number of fused-ring (bicyclic) bond motifs is 3. The fourth-order valence-electron chi connectivity index (χ4n) is 8.47. The average Bonchev–Trinajstić information content (AvgIpc) is 3.70. The Kier molecular flexibility index (Phi) is 9.45. The summed E-state index contributed by atoms with van der Waals surface area (Å²) in [5.74, 6) is 1.16. The van der Waals surface area contributed by atoms with Gasteiger partial charge in [0.25, 0.3) is 0 Å². The molecule has 6 heteroatoms. The Morgan fingerprint density at radius 2 is 0.746 bits per heavy atom. The molecule has 0 atom stereocenters. The van der Waals surface area contributed by atoms with Crippen LogP contribution in [-0.4, -0.2) is 24.5 Å². The van der Waals surface area contributed by atoms with Gasteiger partial charge in [-0.15, -0.1) is 0 Å². The van der Waals surface area contributed by atoms with Gasteiger partial charge in [0.2, 0.25) is 0 Å². The van der Waals surface area contributed by atoms with E-state index in [-0.39, 0.29) is 0 Å². The quantitative estimate of drug-likeness (QED) is 0.153. The van der Waals surface area contributed by atoms with E-state index < -0.39 is 0 Å². The van der Waals surface area contributed by atoms with Crippen molar-refractivity contribution in [3.8, 4) is 90.7 Å². The fraction of sp³-hybridized carbons (Fsp3) is 0. The Balaban J connectivity index is 1.28. The van der Waals surface area contributed by atoms with Gasteiger partial charge in [0.05, 0.1) is 51.1 Å². The predicted molar refractivity (Wildman–Crippen MR) is 255 cm³/mol. The van der Waals surface area contributed by atoms with Gasteiger partial charge < -0.3 is 4.57 Å². The van der Waals surface area contributed by atoms with E-state index in [4.69, 9.17) is 19.9 Å². The summed E-state index contributed by atoms with van der Waals surface area (Å²) in [6.45, 7) is 0. The van der Waals surface area contributed by atoms with E-state index >= 15 is 0 Å². The first-order valence-electron chi connectivity index (χ1n) is 20.9. The van der Waals surface area contributed by atoms with Crippen LogP contribution in [-0.2, 0) is 0 Å². The SMILES string of the molecule is N#Cc1cc(-c2cc(-c3ccccc3)nc(-c3ccccc3)n2)c(-n2c3ccccc3c3cc(-c4ccccc4)ccc32)c(-c2cc(-c3ccccc3)nc(-c3ccccc3)n2)c1. The third-order valence-corrected chi connectivity index (χ3v) is 11.4. The Hall–Kier alpha value is -8.79. The Morgan fingerprint density at radius 3 is 1.24 bits per heavy atom. The van der Waals surface area contributed by atoms with Gasteiger partial charge in [-0.05, 0) is 53.6 Å². The molecule has 6 nitrogen and oxygen atoms in total. The molecule has 0 aliphatic rings. The van der Waals surface area contributed by atoms with Crippen LogP contribution in [0.1, 0.15) is 5.56 Å². The third kappa shape index (κ3) is 7.00. The van der Waals surface area contributed by atoms with Crippen LogP contribution in [0.5, 0.6) is 0 Å². The van der Waals surface area contributed by atoms with Gasteiger partial charge in [-0.2, -0.15) is 5.26 Å². The summed E-state index contributed by atoms with van der Waals surface area (Å²) < 4.78 is 2.32. The second-order valence-corrected chi connectivity index (χ2v) is 15.4. The van der Waals surface area contributed by atoms with Gasteiger partial charge >= 0.3 is 0 Å². The molecule has 0 unspecified atom stereocenters. The number of hydrogen-bond donors (Lipinski definition) is 0. The molecule has 0 radical (unpaired) electrons. The molecule has 11 aromatic rings. The molecular weight excluding hydrogens is 769 g/mol. The molecular formula is C57H36N6. The molecule has 3 heterocycles. The molecule has 11 rings (SSSR count). The maximum atomic E-state index is 10.9. The first-order chi connectivity index (χ1) is 31.2. The lowest BCUT2D eigenvalue weighted by Crippen LogP contribution is -2.05. The molecule has 0 N–H and O–H groups in total. The van der Waals surface area contributed by atoms with Gasteiger partial charge in [0.15, 0.2) is 11.6 Å². The molecule has 0 aliphatic heterocycles. The highest BCUT2D eigenvalue weighted by molar-refractivity contribution is 6.12. The molecule has 0 bridgehead atoms. The number of nitrogens with zero attached hydrogens (tertiary/aromatic N) is 6. The number of benzene rings is 8. The predicted octanol–water partition coefficient (Wildman–Crippen LogP) is 13.9. The van der Waals surface area contributed by atoms with Crippen molar-refractivity contribution in [2.24, 2.45) is 0 Å². The van der Waals surface area contributed by atoms with Gasteiger partial charge in [0.1, 0.15) is 0 Å². The van der Waals surface area contributed by atoms with Crippen molar-refractivity contribution in [3.63, 3.8) is 0 Å². The highest BCUT2D eigenvalue weighted by Crippen LogP contribution is 2.44.